The van der Waals surface area contributed by atoms with Crippen molar-refractivity contribution in [3.8, 4) is 16.9 Å². The zero-order valence-corrected chi connectivity index (χ0v) is 22.2. The summed E-state index contributed by atoms with van der Waals surface area (Å²) in [5.74, 6) is 0.260. The average molecular weight is 493 g/mol. The molecular formula is C30H40N2O4. The summed E-state index contributed by atoms with van der Waals surface area (Å²) in [6.45, 7) is 9.64. The normalized spacial score (nSPS) is 23.7. The van der Waals surface area contributed by atoms with E-state index in [0.717, 1.165) is 54.7 Å². The van der Waals surface area contributed by atoms with E-state index in [-0.39, 0.29) is 41.8 Å². The number of carboxylic acid groups (broad SMARTS) is 1. The number of nitrogens with one attached hydrogen (secondary N) is 1. The van der Waals surface area contributed by atoms with Crippen LogP contribution in [0.4, 0.5) is 0 Å². The lowest BCUT2D eigenvalue weighted by atomic mass is 9.89. The second kappa shape index (κ2) is 10.6. The maximum atomic E-state index is 13.0. The van der Waals surface area contributed by atoms with E-state index in [1.165, 1.54) is 5.56 Å². The van der Waals surface area contributed by atoms with Gasteiger partial charge in [0.15, 0.2) is 0 Å². The number of likely N-dealkylation sites (N-methyl/N-ethyl adjacent to an activating group) is 1. The van der Waals surface area contributed by atoms with Gasteiger partial charge in [0, 0.05) is 24.6 Å². The fraction of sp³-hybridized carbons (Fsp3) is 0.533. The molecule has 2 N–H and O–H groups in total. The minimum atomic E-state index is -0.862. The van der Waals surface area contributed by atoms with Gasteiger partial charge in [-0.1, -0.05) is 64.1 Å². The highest BCUT2D eigenvalue weighted by atomic mass is 16.5. The van der Waals surface area contributed by atoms with Crippen molar-refractivity contribution in [2.24, 2.45) is 5.41 Å². The summed E-state index contributed by atoms with van der Waals surface area (Å²) < 4.78 is 6.55. The molecule has 0 spiro atoms. The van der Waals surface area contributed by atoms with Gasteiger partial charge in [0.2, 0.25) is 5.91 Å². The quantitative estimate of drug-likeness (QED) is 0.526. The van der Waals surface area contributed by atoms with Crippen molar-refractivity contribution < 1.29 is 19.4 Å². The Hall–Kier alpha value is -2.86. The molecule has 194 valence electrons. The van der Waals surface area contributed by atoms with E-state index in [0.29, 0.717) is 0 Å². The van der Waals surface area contributed by atoms with E-state index in [2.05, 4.69) is 50.0 Å². The van der Waals surface area contributed by atoms with Crippen LogP contribution in [0.25, 0.3) is 11.1 Å². The van der Waals surface area contributed by atoms with Crippen molar-refractivity contribution in [1.29, 1.82) is 0 Å². The first-order chi connectivity index (χ1) is 17.0. The number of rotatable bonds is 8. The molecule has 2 aliphatic rings. The lowest BCUT2D eigenvalue weighted by Crippen LogP contribution is -2.45. The predicted octanol–water partition coefficient (Wildman–Crippen LogP) is 5.25. The van der Waals surface area contributed by atoms with Gasteiger partial charge in [0.1, 0.15) is 11.9 Å². The van der Waals surface area contributed by atoms with Gasteiger partial charge in [0.05, 0.1) is 12.5 Å². The van der Waals surface area contributed by atoms with Crippen LogP contribution in [0, 0.1) is 5.41 Å². The number of likely N-dealkylation sites (tertiary alicyclic amines) is 1. The van der Waals surface area contributed by atoms with E-state index in [9.17, 15) is 14.7 Å². The predicted molar refractivity (Wildman–Crippen MR) is 142 cm³/mol. The first-order valence-corrected chi connectivity index (χ1v) is 13.1. The molecule has 0 bridgehead atoms. The Morgan fingerprint density at radius 2 is 1.89 bits per heavy atom. The van der Waals surface area contributed by atoms with Crippen LogP contribution in [0.2, 0.25) is 0 Å². The smallest absolute Gasteiger partial charge is 0.307 e. The number of aliphatic carboxylic acids is 1. The Kier molecular flexibility index (Phi) is 7.74. The molecule has 1 aliphatic carbocycles. The maximum absolute atomic E-state index is 13.0. The van der Waals surface area contributed by atoms with Gasteiger partial charge in [-0.25, -0.2) is 0 Å². The molecule has 6 nitrogen and oxygen atoms in total. The molecule has 1 saturated carbocycles. The molecule has 1 heterocycles. The number of carboxylic acids is 1. The summed E-state index contributed by atoms with van der Waals surface area (Å²) in [6, 6.07) is 13.9. The van der Waals surface area contributed by atoms with Gasteiger partial charge in [0.25, 0.3) is 0 Å². The molecular weight excluding hydrogens is 452 g/mol. The zero-order chi connectivity index (χ0) is 26.0. The van der Waals surface area contributed by atoms with Crippen molar-refractivity contribution in [3.63, 3.8) is 0 Å². The highest BCUT2D eigenvalue weighted by Gasteiger charge is 2.40. The number of hydrogen-bond acceptors (Lipinski definition) is 4. The van der Waals surface area contributed by atoms with Crippen LogP contribution in [0.15, 0.2) is 42.5 Å². The van der Waals surface area contributed by atoms with Gasteiger partial charge in [-0.15, -0.1) is 0 Å². The van der Waals surface area contributed by atoms with Gasteiger partial charge in [-0.3, -0.25) is 14.5 Å². The molecule has 0 unspecified atom stereocenters. The Morgan fingerprint density at radius 3 is 2.56 bits per heavy atom. The number of nitrogens with zero attached hydrogens (tertiary/aromatic N) is 1. The lowest BCUT2D eigenvalue weighted by molar-refractivity contribution is -0.136. The van der Waals surface area contributed by atoms with Crippen LogP contribution in [0.3, 0.4) is 0 Å². The molecule has 1 aliphatic heterocycles. The van der Waals surface area contributed by atoms with Crippen molar-refractivity contribution in [3.05, 3.63) is 53.6 Å². The number of carbonyl (C=O) groups is 2. The monoisotopic (exact) mass is 492 g/mol. The molecule has 36 heavy (non-hydrogen) atoms. The van der Waals surface area contributed by atoms with Crippen LogP contribution in [0.5, 0.6) is 5.75 Å². The summed E-state index contributed by atoms with van der Waals surface area (Å²) in [6.07, 6.45) is 3.26. The molecule has 1 amide bonds. The Morgan fingerprint density at radius 1 is 1.14 bits per heavy atom. The number of hydrogen-bond donors (Lipinski definition) is 2. The van der Waals surface area contributed by atoms with Crippen molar-refractivity contribution in [1.82, 2.24) is 10.2 Å². The standard InChI is InChI=1S/C30H40N2O4/c1-19(2)23-10-6-7-11-24(23)28-20(15-27(33)34)9-8-12-26(28)36-22-14-13-21(16-22)31-29(35)25-17-30(3,4)18-32(25)5/h6-12,19,21-22,25H,13-18H2,1-5H3,(H,31,35)(H,33,34)/t21-,22-,25+/m1/s1. The highest BCUT2D eigenvalue weighted by Crippen LogP contribution is 2.40. The third-order valence-electron chi connectivity index (χ3n) is 7.59. The third-order valence-corrected chi connectivity index (χ3v) is 7.59. The zero-order valence-electron chi connectivity index (χ0n) is 22.2. The second-order valence-corrected chi connectivity index (χ2v) is 11.7. The largest absolute Gasteiger partial charge is 0.490 e. The SMILES string of the molecule is CC(C)c1ccccc1-c1c(CC(=O)O)cccc1O[C@@H]1CC[C@@H](NC(=O)[C@@H]2CC(C)(C)CN2C)C1. The minimum absolute atomic E-state index is 0.0295. The fourth-order valence-corrected chi connectivity index (χ4v) is 6.00. The highest BCUT2D eigenvalue weighted by molar-refractivity contribution is 5.83. The molecule has 2 aromatic carbocycles. The molecule has 0 radical (unpaired) electrons. The van der Waals surface area contributed by atoms with Crippen molar-refractivity contribution in [2.45, 2.75) is 83.9 Å². The van der Waals surface area contributed by atoms with Gasteiger partial charge < -0.3 is 15.2 Å². The molecule has 0 aromatic heterocycles. The Bertz CT molecular complexity index is 1110. The van der Waals surface area contributed by atoms with Crippen LogP contribution in [0.1, 0.15) is 70.4 Å². The van der Waals surface area contributed by atoms with Crippen molar-refractivity contribution in [2.75, 3.05) is 13.6 Å². The Balaban J connectivity index is 1.52. The van der Waals surface area contributed by atoms with Gasteiger partial charge >= 0.3 is 5.97 Å². The summed E-state index contributed by atoms with van der Waals surface area (Å²) in [7, 11) is 2.03. The summed E-state index contributed by atoms with van der Waals surface area (Å²) in [5.41, 5.74) is 3.96. The Labute approximate surface area is 215 Å². The van der Waals surface area contributed by atoms with Crippen LogP contribution in [-0.4, -0.2) is 53.7 Å². The summed E-state index contributed by atoms with van der Waals surface area (Å²) >= 11 is 0. The van der Waals surface area contributed by atoms with Gasteiger partial charge in [-0.05, 0) is 60.4 Å². The molecule has 6 heteroatoms. The molecule has 4 rings (SSSR count). The number of ether oxygens (including phenoxy) is 1. The lowest BCUT2D eigenvalue weighted by Gasteiger charge is -2.23. The van der Waals surface area contributed by atoms with E-state index >= 15 is 0 Å². The number of carbonyl (C=O) groups excluding carboxylic acids is 1. The van der Waals surface area contributed by atoms with Crippen LogP contribution < -0.4 is 10.1 Å². The summed E-state index contributed by atoms with van der Waals surface area (Å²) in [5, 5.41) is 12.8. The van der Waals surface area contributed by atoms with E-state index in [1.54, 1.807) is 0 Å². The molecule has 3 atom stereocenters. The molecule has 1 saturated heterocycles. The minimum Gasteiger partial charge on any atom is -0.490 e. The van der Waals surface area contributed by atoms with E-state index in [1.807, 2.05) is 37.4 Å². The molecule has 2 aromatic rings. The first kappa shape index (κ1) is 26.2. The topological polar surface area (TPSA) is 78.9 Å². The molecule has 2 fully saturated rings. The number of amides is 1. The third kappa shape index (κ3) is 5.92. The van der Waals surface area contributed by atoms with Crippen LogP contribution in [-0.2, 0) is 16.0 Å². The van der Waals surface area contributed by atoms with Gasteiger partial charge in [-0.2, -0.15) is 0 Å². The number of benzene rings is 2. The average Bonchev–Trinajstić information content (AvgIpc) is 3.35. The second-order valence-electron chi connectivity index (χ2n) is 11.7. The first-order valence-electron chi connectivity index (χ1n) is 13.1. The van der Waals surface area contributed by atoms with E-state index in [4.69, 9.17) is 4.74 Å². The summed E-state index contributed by atoms with van der Waals surface area (Å²) in [4.78, 5) is 26.8. The van der Waals surface area contributed by atoms with Crippen LogP contribution >= 0.6 is 0 Å². The van der Waals surface area contributed by atoms with Crippen molar-refractivity contribution >= 4 is 11.9 Å². The maximum Gasteiger partial charge on any atom is 0.307 e. The van der Waals surface area contributed by atoms with E-state index < -0.39 is 5.97 Å². The fourth-order valence-electron chi connectivity index (χ4n) is 6.00.